The lowest BCUT2D eigenvalue weighted by atomic mass is 9.81. The van der Waals surface area contributed by atoms with Gasteiger partial charge in [-0.1, -0.05) is 12.1 Å². The van der Waals surface area contributed by atoms with E-state index in [1.165, 1.54) is 0 Å². The number of nitrogens with two attached hydrogens (primary N) is 1. The molecule has 0 bridgehead atoms. The molecule has 108 valence electrons. The van der Waals surface area contributed by atoms with Crippen molar-refractivity contribution < 1.29 is 17.7 Å². The molecule has 2 N–H and O–H groups in total. The maximum absolute atomic E-state index is 12.6. The Hall–Kier alpha value is -1.11. The third kappa shape index (κ3) is 3.26. The Kier molecular flexibility index (Phi) is 4.13. The van der Waals surface area contributed by atoms with Crippen LogP contribution in [0, 0.1) is 5.92 Å². The predicted octanol–water partition coefficient (Wildman–Crippen LogP) is 2.97. The average Bonchev–Trinajstić information content (AvgIpc) is 2.86. The van der Waals surface area contributed by atoms with Gasteiger partial charge in [0.1, 0.15) is 0 Å². The van der Waals surface area contributed by atoms with Crippen LogP contribution >= 0.6 is 0 Å². The molecule has 0 aromatic carbocycles. The quantitative estimate of drug-likeness (QED) is 0.922. The van der Waals surface area contributed by atoms with Crippen LogP contribution in [0.2, 0.25) is 0 Å². The Labute approximate surface area is 109 Å². The van der Waals surface area contributed by atoms with Crippen LogP contribution in [0.3, 0.4) is 0 Å². The molecule has 1 unspecified atom stereocenters. The van der Waals surface area contributed by atoms with Gasteiger partial charge in [0.15, 0.2) is 5.82 Å². The number of hydrogen-bond donors (Lipinski definition) is 1. The number of halogens is 3. The lowest BCUT2D eigenvalue weighted by Crippen LogP contribution is -2.27. The summed E-state index contributed by atoms with van der Waals surface area (Å²) < 4.78 is 42.8. The Bertz CT molecular complexity index is 411. The number of aromatic nitrogens is 2. The van der Waals surface area contributed by atoms with Gasteiger partial charge in [-0.25, -0.2) is 0 Å². The second kappa shape index (κ2) is 5.48. The average molecular weight is 277 g/mol. The van der Waals surface area contributed by atoms with Crippen LogP contribution < -0.4 is 5.73 Å². The summed E-state index contributed by atoms with van der Waals surface area (Å²) in [6.07, 6.45) is -2.92. The Morgan fingerprint density at radius 2 is 1.95 bits per heavy atom. The third-order valence-electron chi connectivity index (χ3n) is 3.79. The number of nitrogens with zero attached hydrogens (tertiary/aromatic N) is 2. The molecule has 1 fully saturated rings. The fourth-order valence-electron chi connectivity index (χ4n) is 2.39. The van der Waals surface area contributed by atoms with Crippen molar-refractivity contribution in [1.82, 2.24) is 10.1 Å². The maximum atomic E-state index is 12.6. The van der Waals surface area contributed by atoms with Gasteiger partial charge >= 0.3 is 6.18 Å². The summed E-state index contributed by atoms with van der Waals surface area (Å²) >= 11 is 0. The van der Waals surface area contributed by atoms with Gasteiger partial charge in [-0.3, -0.25) is 0 Å². The summed E-state index contributed by atoms with van der Waals surface area (Å²) in [5.74, 6) is -0.241. The molecule has 1 aliphatic rings. The van der Waals surface area contributed by atoms with Gasteiger partial charge < -0.3 is 10.3 Å². The van der Waals surface area contributed by atoms with E-state index in [2.05, 4.69) is 10.1 Å². The van der Waals surface area contributed by atoms with Crippen molar-refractivity contribution in [2.75, 3.05) is 6.54 Å². The molecule has 1 atom stereocenters. The van der Waals surface area contributed by atoms with Crippen LogP contribution in [0.25, 0.3) is 0 Å². The third-order valence-corrected chi connectivity index (χ3v) is 3.79. The summed E-state index contributed by atoms with van der Waals surface area (Å²) in [6, 6.07) is 0. The highest BCUT2D eigenvalue weighted by Gasteiger charge is 2.42. The van der Waals surface area contributed by atoms with Gasteiger partial charge in [0.05, 0.1) is 5.92 Å². The van der Waals surface area contributed by atoms with E-state index < -0.39 is 12.1 Å². The first-order valence-electron chi connectivity index (χ1n) is 6.52. The molecule has 1 aromatic heterocycles. The van der Waals surface area contributed by atoms with Crippen molar-refractivity contribution in [3.8, 4) is 0 Å². The molecule has 0 radical (unpaired) electrons. The molecule has 19 heavy (non-hydrogen) atoms. The van der Waals surface area contributed by atoms with Crippen LogP contribution in [0.1, 0.15) is 56.2 Å². The van der Waals surface area contributed by atoms with E-state index in [9.17, 15) is 13.2 Å². The lowest BCUT2D eigenvalue weighted by Gasteiger charge is -2.27. The molecule has 0 amide bonds. The van der Waals surface area contributed by atoms with Gasteiger partial charge in [0, 0.05) is 18.4 Å². The van der Waals surface area contributed by atoms with Gasteiger partial charge in [0.25, 0.3) is 0 Å². The molecular formula is C12H18F3N3O. The first-order valence-corrected chi connectivity index (χ1v) is 6.52. The predicted molar refractivity (Wildman–Crippen MR) is 62.5 cm³/mol. The van der Waals surface area contributed by atoms with E-state index in [1.54, 1.807) is 0 Å². The highest BCUT2D eigenvalue weighted by Crippen LogP contribution is 2.42. The lowest BCUT2D eigenvalue weighted by molar-refractivity contribution is -0.182. The van der Waals surface area contributed by atoms with Crippen molar-refractivity contribution in [1.29, 1.82) is 0 Å². The van der Waals surface area contributed by atoms with Gasteiger partial charge in [-0.2, -0.15) is 18.2 Å². The fraction of sp³-hybridized carbons (Fsp3) is 0.833. The van der Waals surface area contributed by atoms with E-state index in [1.807, 2.05) is 6.92 Å². The maximum Gasteiger partial charge on any atom is 0.391 e. The van der Waals surface area contributed by atoms with Crippen molar-refractivity contribution in [3.63, 3.8) is 0 Å². The number of rotatable bonds is 3. The van der Waals surface area contributed by atoms with E-state index >= 15 is 0 Å². The topological polar surface area (TPSA) is 64.9 Å². The highest BCUT2D eigenvalue weighted by molar-refractivity contribution is 5.00. The first-order chi connectivity index (χ1) is 8.91. The van der Waals surface area contributed by atoms with Crippen molar-refractivity contribution >= 4 is 0 Å². The van der Waals surface area contributed by atoms with Crippen LogP contribution in [-0.2, 0) is 0 Å². The standard InChI is InChI=1S/C12H18F3N3O/c1-7(6-16)10-17-11(19-18-10)8-2-4-9(5-3-8)12(13,14)15/h7-9H,2-6,16H2,1H3. The molecule has 7 heteroatoms. The molecule has 2 rings (SSSR count). The van der Waals surface area contributed by atoms with E-state index in [4.69, 9.17) is 10.3 Å². The summed E-state index contributed by atoms with van der Waals surface area (Å²) in [5, 5.41) is 3.84. The van der Waals surface area contributed by atoms with Crippen LogP contribution in [0.5, 0.6) is 0 Å². The monoisotopic (exact) mass is 277 g/mol. The Morgan fingerprint density at radius 3 is 2.47 bits per heavy atom. The normalized spacial score (nSPS) is 26.4. The van der Waals surface area contributed by atoms with Gasteiger partial charge in [0.2, 0.25) is 5.89 Å². The summed E-state index contributed by atoms with van der Waals surface area (Å²) in [5.41, 5.74) is 5.51. The smallest absolute Gasteiger partial charge is 0.339 e. The minimum absolute atomic E-state index is 0.00372. The molecule has 0 saturated heterocycles. The minimum atomic E-state index is -4.08. The molecule has 4 nitrogen and oxygen atoms in total. The Balaban J connectivity index is 1.96. The number of hydrogen-bond acceptors (Lipinski definition) is 4. The fourth-order valence-corrected chi connectivity index (χ4v) is 2.39. The van der Waals surface area contributed by atoms with Crippen molar-refractivity contribution in [2.24, 2.45) is 11.7 Å². The summed E-state index contributed by atoms with van der Waals surface area (Å²) in [6.45, 7) is 2.30. The molecule has 1 saturated carbocycles. The van der Waals surface area contributed by atoms with Crippen LogP contribution in [0.15, 0.2) is 4.52 Å². The zero-order valence-electron chi connectivity index (χ0n) is 10.8. The molecule has 1 aliphatic carbocycles. The second-order valence-corrected chi connectivity index (χ2v) is 5.22. The molecule has 0 spiro atoms. The molecule has 1 aromatic rings. The molecule has 1 heterocycles. The summed E-state index contributed by atoms with van der Waals surface area (Å²) in [4.78, 5) is 4.25. The van der Waals surface area contributed by atoms with E-state index in [-0.39, 0.29) is 24.7 Å². The zero-order valence-corrected chi connectivity index (χ0v) is 10.8. The largest absolute Gasteiger partial charge is 0.391 e. The van der Waals surface area contributed by atoms with E-state index in [0.29, 0.717) is 31.1 Å². The molecule has 0 aliphatic heterocycles. The molecular weight excluding hydrogens is 259 g/mol. The van der Waals surface area contributed by atoms with Crippen LogP contribution in [0.4, 0.5) is 13.2 Å². The first kappa shape index (κ1) is 14.3. The summed E-state index contributed by atoms with van der Waals surface area (Å²) in [7, 11) is 0. The SMILES string of the molecule is CC(CN)c1noc(C2CCC(C(F)(F)F)CC2)n1. The van der Waals surface area contributed by atoms with Gasteiger partial charge in [-0.05, 0) is 25.7 Å². The number of alkyl halides is 3. The van der Waals surface area contributed by atoms with Crippen molar-refractivity contribution in [2.45, 2.75) is 50.6 Å². The zero-order chi connectivity index (χ0) is 14.0. The van der Waals surface area contributed by atoms with E-state index in [0.717, 1.165) is 0 Å². The van der Waals surface area contributed by atoms with Gasteiger partial charge in [-0.15, -0.1) is 0 Å². The second-order valence-electron chi connectivity index (χ2n) is 5.22. The van der Waals surface area contributed by atoms with Crippen molar-refractivity contribution in [3.05, 3.63) is 11.7 Å². The highest BCUT2D eigenvalue weighted by atomic mass is 19.4. The van der Waals surface area contributed by atoms with Crippen LogP contribution in [-0.4, -0.2) is 22.9 Å². The minimum Gasteiger partial charge on any atom is -0.339 e. The Morgan fingerprint density at radius 1 is 1.32 bits per heavy atom.